The smallest absolute Gasteiger partial charge is 0.262 e. The molecule has 0 aliphatic carbocycles. The predicted octanol–water partition coefficient (Wildman–Crippen LogP) is 4.58. The van der Waals surface area contributed by atoms with Crippen molar-refractivity contribution in [1.29, 1.82) is 0 Å². The first kappa shape index (κ1) is 37.1. The summed E-state index contributed by atoms with van der Waals surface area (Å²) < 4.78 is 8.12. The molecule has 0 radical (unpaired) electrons. The monoisotopic (exact) mass is 808 g/mol. The summed E-state index contributed by atoms with van der Waals surface area (Å²) in [5.41, 5.74) is 10.6. The molecule has 8 heterocycles. The number of nitrogens with two attached hydrogens (primary N) is 1. The van der Waals surface area contributed by atoms with Gasteiger partial charge in [0.15, 0.2) is 5.65 Å². The zero-order chi connectivity index (χ0) is 40.6. The normalized spacial score (nSPS) is 26.4. The van der Waals surface area contributed by atoms with E-state index in [9.17, 15) is 19.5 Å². The zero-order valence-electron chi connectivity index (χ0n) is 33.3. The number of aromatic nitrogens is 4. The van der Waals surface area contributed by atoms with Crippen LogP contribution in [0.2, 0.25) is 0 Å². The van der Waals surface area contributed by atoms with Gasteiger partial charge in [-0.25, -0.2) is 14.6 Å². The summed E-state index contributed by atoms with van der Waals surface area (Å²) in [7, 11) is 0. The molecule has 2 aromatic heterocycles. The third-order valence-electron chi connectivity index (χ3n) is 14.0. The quantitative estimate of drug-likeness (QED) is 0.187. The number of aliphatic hydroxyl groups excluding tert-OH is 1. The third kappa shape index (κ3) is 6.29. The SMILES string of the molecule is Nc1ncnc2c1c(-c1ccc(Oc3ccccc3)cc1)nn2C1CCN(C2CC3CCC(C2)N3C2CN(c3ccc4c(c3)C(=O)N(C3CCC(=O)NC3O)C4=O)C2)CC1. The number of aliphatic hydroxyl groups is 1. The number of nitrogen functional groups attached to an aromatic ring is 1. The zero-order valence-corrected chi connectivity index (χ0v) is 33.3. The average molecular weight is 809 g/mol. The maximum absolute atomic E-state index is 13.5. The van der Waals surface area contributed by atoms with Gasteiger partial charge in [-0.15, -0.1) is 0 Å². The van der Waals surface area contributed by atoms with Crippen LogP contribution in [0.15, 0.2) is 79.1 Å². The van der Waals surface area contributed by atoms with E-state index in [1.807, 2.05) is 66.7 Å². The van der Waals surface area contributed by atoms with Crippen molar-refractivity contribution in [1.82, 2.24) is 39.8 Å². The van der Waals surface area contributed by atoms with Crippen LogP contribution in [0.3, 0.4) is 0 Å². The third-order valence-corrected chi connectivity index (χ3v) is 14.0. The number of hydrogen-bond acceptors (Lipinski definition) is 12. The lowest BCUT2D eigenvalue weighted by Crippen LogP contribution is -2.65. The van der Waals surface area contributed by atoms with Crippen LogP contribution in [-0.2, 0) is 4.79 Å². The standard InChI is InChI=1S/C45H48N10O5/c46-41-39-40(26-6-11-34(12-7-26)60-33-4-2-1-3-5-33)50-55(42(39)48-25-47-41)27-16-18-51(19-17-27)31-20-29-8-9-30(21-31)53(29)32-23-52(24-32)28-10-13-35-36(22-28)45(59)54(44(35)58)37-14-15-38(56)49-43(37)57/h1-7,10-13,22,25,27,29-32,37,43,57H,8-9,14-21,23-24H2,(H,49,56)(H2,46,47,48). The molecule has 6 aliphatic heterocycles. The van der Waals surface area contributed by atoms with Gasteiger partial charge in [-0.1, -0.05) is 18.2 Å². The average Bonchev–Trinajstić information content (AvgIpc) is 3.84. The Kier molecular flexibility index (Phi) is 9.08. The number of piperidine rings is 3. The molecule has 11 rings (SSSR count). The molecule has 2 bridgehead atoms. The van der Waals surface area contributed by atoms with Gasteiger partial charge in [0.05, 0.1) is 28.6 Å². The number of carbonyl (C=O) groups excluding carboxylic acids is 3. The number of nitrogens with zero attached hydrogens (tertiary/aromatic N) is 8. The Labute approximate surface area is 347 Å². The van der Waals surface area contributed by atoms with E-state index in [4.69, 9.17) is 20.6 Å². The summed E-state index contributed by atoms with van der Waals surface area (Å²) in [5.74, 6) is 0.860. The summed E-state index contributed by atoms with van der Waals surface area (Å²) in [6.45, 7) is 3.81. The second kappa shape index (κ2) is 14.7. The van der Waals surface area contributed by atoms with E-state index in [1.165, 1.54) is 32.0 Å². The van der Waals surface area contributed by atoms with Gasteiger partial charge in [-0.05, 0) is 99.5 Å². The number of likely N-dealkylation sites (tertiary alicyclic amines) is 1. The van der Waals surface area contributed by atoms with Crippen molar-refractivity contribution in [2.24, 2.45) is 0 Å². The van der Waals surface area contributed by atoms with Crippen molar-refractivity contribution in [2.45, 2.75) is 93.8 Å². The number of hydrogen-bond donors (Lipinski definition) is 3. The van der Waals surface area contributed by atoms with E-state index in [0.29, 0.717) is 41.1 Å². The fourth-order valence-electron chi connectivity index (χ4n) is 11.0. The maximum atomic E-state index is 13.5. The van der Waals surface area contributed by atoms with E-state index >= 15 is 0 Å². The van der Waals surface area contributed by atoms with Gasteiger partial charge in [-0.3, -0.25) is 24.2 Å². The second-order valence-corrected chi connectivity index (χ2v) is 17.3. The summed E-state index contributed by atoms with van der Waals surface area (Å²) in [5, 5.41) is 18.9. The second-order valence-electron chi connectivity index (χ2n) is 17.3. The number of benzene rings is 3. The molecule has 3 aromatic carbocycles. The molecular weight excluding hydrogens is 761 g/mol. The largest absolute Gasteiger partial charge is 0.457 e. The van der Waals surface area contributed by atoms with E-state index in [-0.39, 0.29) is 24.8 Å². The molecule has 308 valence electrons. The number of carbonyl (C=O) groups is 3. The van der Waals surface area contributed by atoms with Crippen LogP contribution < -0.4 is 20.7 Å². The molecule has 3 amide bonds. The van der Waals surface area contributed by atoms with Crippen molar-refractivity contribution in [2.75, 3.05) is 36.8 Å². The van der Waals surface area contributed by atoms with E-state index < -0.39 is 24.1 Å². The Morgan fingerprint density at radius 2 is 1.47 bits per heavy atom. The molecule has 4 N–H and O–H groups in total. The van der Waals surface area contributed by atoms with Gasteiger partial charge < -0.3 is 30.7 Å². The number of fused-ring (bicyclic) bond motifs is 4. The van der Waals surface area contributed by atoms with Crippen LogP contribution in [-0.4, -0.2) is 120 Å². The Hall–Kier alpha value is -5.90. The summed E-state index contributed by atoms with van der Waals surface area (Å²) in [4.78, 5) is 56.5. The van der Waals surface area contributed by atoms with Crippen LogP contribution >= 0.6 is 0 Å². The fourth-order valence-corrected chi connectivity index (χ4v) is 11.0. The van der Waals surface area contributed by atoms with Gasteiger partial charge in [0.25, 0.3) is 11.8 Å². The highest BCUT2D eigenvalue weighted by Crippen LogP contribution is 2.43. The van der Waals surface area contributed by atoms with Crippen molar-refractivity contribution in [3.63, 3.8) is 0 Å². The van der Waals surface area contributed by atoms with E-state index in [0.717, 1.165) is 83.4 Å². The van der Waals surface area contributed by atoms with Crippen LogP contribution in [0, 0.1) is 0 Å². The highest BCUT2D eigenvalue weighted by molar-refractivity contribution is 6.22. The van der Waals surface area contributed by atoms with Crippen molar-refractivity contribution in [3.8, 4) is 22.8 Å². The highest BCUT2D eigenvalue weighted by Gasteiger charge is 2.49. The van der Waals surface area contributed by atoms with E-state index in [2.05, 4.69) is 29.7 Å². The van der Waals surface area contributed by atoms with Crippen LogP contribution in [0.5, 0.6) is 11.5 Å². The van der Waals surface area contributed by atoms with Gasteiger partial charge in [0.1, 0.15) is 35.6 Å². The van der Waals surface area contributed by atoms with Gasteiger partial charge in [0.2, 0.25) is 5.91 Å². The molecule has 5 saturated heterocycles. The lowest BCUT2D eigenvalue weighted by Gasteiger charge is -2.53. The number of rotatable bonds is 8. The Morgan fingerprint density at radius 1 is 0.750 bits per heavy atom. The first-order valence-corrected chi connectivity index (χ1v) is 21.3. The highest BCUT2D eigenvalue weighted by atomic mass is 16.5. The first-order valence-electron chi connectivity index (χ1n) is 21.3. The van der Waals surface area contributed by atoms with Gasteiger partial charge in [0, 0.05) is 68.0 Å². The topological polar surface area (TPSA) is 175 Å². The molecule has 60 heavy (non-hydrogen) atoms. The number of anilines is 2. The molecule has 5 aromatic rings. The fraction of sp³-hybridized carbons (Fsp3) is 0.422. The molecule has 15 heteroatoms. The van der Waals surface area contributed by atoms with Crippen LogP contribution in [0.25, 0.3) is 22.3 Å². The number of amides is 3. The van der Waals surface area contributed by atoms with Crippen molar-refractivity contribution >= 4 is 40.3 Å². The first-order chi connectivity index (χ1) is 29.3. The molecule has 0 saturated carbocycles. The number of para-hydroxylation sites is 1. The molecule has 0 spiro atoms. The van der Waals surface area contributed by atoms with E-state index in [1.54, 1.807) is 6.07 Å². The number of imide groups is 1. The molecule has 4 atom stereocenters. The Morgan fingerprint density at radius 3 is 2.20 bits per heavy atom. The van der Waals surface area contributed by atoms with Crippen LogP contribution in [0.1, 0.15) is 78.1 Å². The number of ether oxygens (including phenoxy) is 1. The molecular formula is C45H48N10O5. The summed E-state index contributed by atoms with van der Waals surface area (Å²) in [6.07, 6.45) is 7.47. The Bertz CT molecular complexity index is 2470. The van der Waals surface area contributed by atoms with Crippen molar-refractivity contribution < 1.29 is 24.2 Å². The Balaban J connectivity index is 0.716. The molecule has 4 unspecified atom stereocenters. The van der Waals surface area contributed by atoms with Crippen molar-refractivity contribution in [3.05, 3.63) is 90.3 Å². The maximum Gasteiger partial charge on any atom is 0.262 e. The lowest BCUT2D eigenvalue weighted by molar-refractivity contribution is -0.129. The molecule has 15 nitrogen and oxygen atoms in total. The van der Waals surface area contributed by atoms with Crippen LogP contribution in [0.4, 0.5) is 11.5 Å². The predicted molar refractivity (Wildman–Crippen MR) is 223 cm³/mol. The van der Waals surface area contributed by atoms with Gasteiger partial charge in [-0.2, -0.15) is 5.10 Å². The van der Waals surface area contributed by atoms with Gasteiger partial charge >= 0.3 is 0 Å². The minimum atomic E-state index is -1.26. The molecule has 6 aliphatic rings. The lowest BCUT2D eigenvalue weighted by atomic mass is 9.90. The summed E-state index contributed by atoms with van der Waals surface area (Å²) >= 11 is 0. The summed E-state index contributed by atoms with van der Waals surface area (Å²) in [6, 6.07) is 24.8. The molecule has 5 fully saturated rings. The number of nitrogens with one attached hydrogen (secondary N) is 1. The minimum Gasteiger partial charge on any atom is -0.457 e. The minimum absolute atomic E-state index is 0.161.